The van der Waals surface area contributed by atoms with Crippen molar-refractivity contribution in [2.24, 2.45) is 5.92 Å². The van der Waals surface area contributed by atoms with E-state index < -0.39 is 0 Å². The Morgan fingerprint density at radius 2 is 1.82 bits per heavy atom. The highest BCUT2D eigenvalue weighted by molar-refractivity contribution is 6.02. The number of methoxy groups -OCH3 is 1. The number of hydrogen-bond acceptors (Lipinski definition) is 3. The van der Waals surface area contributed by atoms with Crippen LogP contribution in [0.5, 0.6) is 5.75 Å². The molecule has 1 aliphatic heterocycles. The van der Waals surface area contributed by atoms with Crippen molar-refractivity contribution in [3.63, 3.8) is 0 Å². The number of ether oxygens (including phenoxy) is 1. The lowest BCUT2D eigenvalue weighted by molar-refractivity contribution is -0.127. The molecule has 0 spiro atoms. The van der Waals surface area contributed by atoms with E-state index in [0.29, 0.717) is 5.92 Å². The van der Waals surface area contributed by atoms with Crippen molar-refractivity contribution < 1.29 is 13.9 Å². The molecule has 1 aliphatic rings. The Hall–Kier alpha value is -3.53. The van der Waals surface area contributed by atoms with Crippen molar-refractivity contribution in [1.82, 2.24) is 4.90 Å². The SMILES string of the molecule is COc1c(/C(C)=C/C(=O)N2CCC(C)CC2)cc2c(-c3ccc4ccccc4c3)coc2c1C. The number of piperidine rings is 1. The fourth-order valence-electron chi connectivity index (χ4n) is 5.04. The van der Waals surface area contributed by atoms with Crippen LogP contribution in [0.1, 0.15) is 37.8 Å². The maximum atomic E-state index is 13.0. The Morgan fingerprint density at radius 3 is 2.56 bits per heavy atom. The van der Waals surface area contributed by atoms with Crippen molar-refractivity contribution in [1.29, 1.82) is 0 Å². The first-order valence-electron chi connectivity index (χ1n) is 12.0. The number of likely N-dealkylation sites (tertiary alicyclic amines) is 1. The highest BCUT2D eigenvalue weighted by Gasteiger charge is 2.22. The highest BCUT2D eigenvalue weighted by Crippen LogP contribution is 2.41. The monoisotopic (exact) mass is 453 g/mol. The van der Waals surface area contributed by atoms with E-state index >= 15 is 0 Å². The van der Waals surface area contributed by atoms with E-state index in [0.717, 1.165) is 70.5 Å². The molecule has 174 valence electrons. The first kappa shape index (κ1) is 22.3. The highest BCUT2D eigenvalue weighted by atomic mass is 16.5. The Bertz CT molecular complexity index is 1400. The lowest BCUT2D eigenvalue weighted by Gasteiger charge is -2.29. The third kappa shape index (κ3) is 3.98. The standard InChI is InChI=1S/C30H31NO3/c1-19-11-13-31(14-12-19)28(32)15-20(2)25-17-26-27(18-34-30(26)21(3)29(25)33-4)24-10-9-22-7-5-6-8-23(22)16-24/h5-10,15-19H,11-14H2,1-4H3/b20-15+. The van der Waals surface area contributed by atoms with Crippen LogP contribution in [0.15, 0.2) is 65.3 Å². The Balaban J connectivity index is 1.58. The minimum absolute atomic E-state index is 0.0751. The van der Waals surface area contributed by atoms with E-state index in [1.807, 2.05) is 25.0 Å². The van der Waals surface area contributed by atoms with Gasteiger partial charge < -0.3 is 14.1 Å². The van der Waals surface area contributed by atoms with Crippen molar-refractivity contribution in [3.05, 3.63) is 72.0 Å². The van der Waals surface area contributed by atoms with Crippen LogP contribution >= 0.6 is 0 Å². The number of amides is 1. The van der Waals surface area contributed by atoms with Gasteiger partial charge in [0.1, 0.15) is 11.3 Å². The van der Waals surface area contributed by atoms with Gasteiger partial charge >= 0.3 is 0 Å². The van der Waals surface area contributed by atoms with Crippen molar-refractivity contribution >= 4 is 33.2 Å². The molecular weight excluding hydrogens is 422 g/mol. The molecule has 4 nitrogen and oxygen atoms in total. The zero-order valence-corrected chi connectivity index (χ0v) is 20.4. The molecule has 0 radical (unpaired) electrons. The van der Waals surface area contributed by atoms with Gasteiger partial charge in [0.2, 0.25) is 5.91 Å². The molecule has 0 N–H and O–H groups in total. The van der Waals surface area contributed by atoms with Gasteiger partial charge in [-0.25, -0.2) is 0 Å². The zero-order chi connectivity index (χ0) is 23.8. The van der Waals surface area contributed by atoms with Gasteiger partial charge in [-0.15, -0.1) is 0 Å². The quantitative estimate of drug-likeness (QED) is 0.306. The fraction of sp³-hybridized carbons (Fsp3) is 0.300. The molecule has 34 heavy (non-hydrogen) atoms. The summed E-state index contributed by atoms with van der Waals surface area (Å²) in [6, 6.07) is 16.9. The van der Waals surface area contributed by atoms with Crippen LogP contribution in [-0.4, -0.2) is 31.0 Å². The predicted molar refractivity (Wildman–Crippen MR) is 139 cm³/mol. The minimum Gasteiger partial charge on any atom is -0.496 e. The van der Waals surface area contributed by atoms with Crippen LogP contribution in [-0.2, 0) is 4.79 Å². The summed E-state index contributed by atoms with van der Waals surface area (Å²) in [7, 11) is 1.67. The molecule has 0 saturated carbocycles. The van der Waals surface area contributed by atoms with Crippen LogP contribution < -0.4 is 4.74 Å². The molecule has 1 fully saturated rings. The average Bonchev–Trinajstić information content (AvgIpc) is 3.28. The van der Waals surface area contributed by atoms with Gasteiger partial charge in [0.25, 0.3) is 0 Å². The molecule has 3 aromatic carbocycles. The average molecular weight is 454 g/mol. The smallest absolute Gasteiger partial charge is 0.246 e. The number of aryl methyl sites for hydroxylation is 1. The van der Waals surface area contributed by atoms with Crippen molar-refractivity contribution in [2.75, 3.05) is 20.2 Å². The van der Waals surface area contributed by atoms with Crippen LogP contribution in [0.25, 0.3) is 38.4 Å². The second-order valence-corrected chi connectivity index (χ2v) is 9.51. The van der Waals surface area contributed by atoms with E-state index in [-0.39, 0.29) is 5.91 Å². The first-order chi connectivity index (χ1) is 16.5. The maximum absolute atomic E-state index is 13.0. The van der Waals surface area contributed by atoms with E-state index in [1.165, 1.54) is 10.8 Å². The molecule has 0 aliphatic carbocycles. The molecule has 4 aromatic rings. The van der Waals surface area contributed by atoms with Gasteiger partial charge in [-0.2, -0.15) is 0 Å². The van der Waals surface area contributed by atoms with Crippen LogP contribution in [0.2, 0.25) is 0 Å². The van der Waals surface area contributed by atoms with E-state index in [2.05, 4.69) is 55.5 Å². The molecule has 0 unspecified atom stereocenters. The summed E-state index contributed by atoms with van der Waals surface area (Å²) in [6.07, 6.45) is 5.72. The maximum Gasteiger partial charge on any atom is 0.246 e. The molecule has 1 saturated heterocycles. The first-order valence-corrected chi connectivity index (χ1v) is 12.0. The normalized spacial score (nSPS) is 15.3. The number of fused-ring (bicyclic) bond motifs is 2. The number of hydrogen-bond donors (Lipinski definition) is 0. The molecule has 2 heterocycles. The zero-order valence-electron chi connectivity index (χ0n) is 20.4. The van der Waals surface area contributed by atoms with Crippen LogP contribution in [0, 0.1) is 12.8 Å². The summed E-state index contributed by atoms with van der Waals surface area (Å²) in [5, 5.41) is 3.43. The lowest BCUT2D eigenvalue weighted by Crippen LogP contribution is -2.36. The summed E-state index contributed by atoms with van der Waals surface area (Å²) in [6.45, 7) is 7.91. The van der Waals surface area contributed by atoms with E-state index in [9.17, 15) is 4.79 Å². The van der Waals surface area contributed by atoms with Gasteiger partial charge in [0.05, 0.1) is 13.4 Å². The van der Waals surface area contributed by atoms with E-state index in [1.54, 1.807) is 13.2 Å². The molecule has 0 bridgehead atoms. The van der Waals surface area contributed by atoms with Crippen LogP contribution in [0.3, 0.4) is 0 Å². The van der Waals surface area contributed by atoms with Crippen molar-refractivity contribution in [3.8, 4) is 16.9 Å². The number of furan rings is 1. The summed E-state index contributed by atoms with van der Waals surface area (Å²) >= 11 is 0. The van der Waals surface area contributed by atoms with Gasteiger partial charge in [0, 0.05) is 41.2 Å². The summed E-state index contributed by atoms with van der Waals surface area (Å²) in [5.74, 6) is 1.51. The van der Waals surface area contributed by atoms with Gasteiger partial charge in [-0.05, 0) is 66.6 Å². The third-order valence-electron chi connectivity index (χ3n) is 7.17. The Labute approximate surface area is 200 Å². The van der Waals surface area contributed by atoms with Gasteiger partial charge in [0.15, 0.2) is 0 Å². The number of nitrogens with zero attached hydrogens (tertiary/aromatic N) is 1. The van der Waals surface area contributed by atoms with Gasteiger partial charge in [-0.3, -0.25) is 4.79 Å². The summed E-state index contributed by atoms with van der Waals surface area (Å²) < 4.78 is 11.8. The predicted octanol–water partition coefficient (Wildman–Crippen LogP) is 7.23. The molecule has 4 heteroatoms. The van der Waals surface area contributed by atoms with Gasteiger partial charge in [-0.1, -0.05) is 43.3 Å². The second-order valence-electron chi connectivity index (χ2n) is 9.51. The number of carbonyl (C=O) groups is 1. The topological polar surface area (TPSA) is 42.7 Å². The second kappa shape index (κ2) is 9.02. The summed E-state index contributed by atoms with van der Waals surface area (Å²) in [4.78, 5) is 14.9. The largest absolute Gasteiger partial charge is 0.496 e. The lowest BCUT2D eigenvalue weighted by atomic mass is 9.95. The molecule has 0 atom stereocenters. The third-order valence-corrected chi connectivity index (χ3v) is 7.17. The molecule has 1 aromatic heterocycles. The Kier molecular flexibility index (Phi) is 5.91. The van der Waals surface area contributed by atoms with E-state index in [4.69, 9.17) is 9.15 Å². The summed E-state index contributed by atoms with van der Waals surface area (Å²) in [5.41, 5.74) is 5.72. The fourth-order valence-corrected chi connectivity index (χ4v) is 5.04. The molecule has 1 amide bonds. The number of rotatable bonds is 4. The number of allylic oxidation sites excluding steroid dienone is 1. The molecular formula is C30H31NO3. The minimum atomic E-state index is 0.0751. The number of carbonyl (C=O) groups excluding carboxylic acids is 1. The molecule has 5 rings (SSSR count). The van der Waals surface area contributed by atoms with Crippen LogP contribution in [0.4, 0.5) is 0 Å². The Morgan fingerprint density at radius 1 is 1.09 bits per heavy atom. The van der Waals surface area contributed by atoms with Crippen molar-refractivity contribution in [2.45, 2.75) is 33.6 Å². The number of benzene rings is 3.